The lowest BCUT2D eigenvalue weighted by atomic mass is 10.1. The second kappa shape index (κ2) is 8.78. The summed E-state index contributed by atoms with van der Waals surface area (Å²) in [6, 6.07) is 0. The first-order valence-electron chi connectivity index (χ1n) is 6.07. The number of pyridine rings is 1. The lowest BCUT2D eigenvalue weighted by molar-refractivity contribution is 1.32. The van der Waals surface area contributed by atoms with E-state index in [0.29, 0.717) is 0 Å². The number of aromatic nitrogens is 1. The third kappa shape index (κ3) is 3.87. The highest BCUT2D eigenvalue weighted by atomic mass is 32.1. The zero-order valence-corrected chi connectivity index (χ0v) is 12.4. The van der Waals surface area contributed by atoms with Gasteiger partial charge in [-0.3, -0.25) is 4.98 Å². The maximum absolute atomic E-state index is 4.15. The van der Waals surface area contributed by atoms with Gasteiger partial charge in [-0.1, -0.05) is 33.6 Å². The highest BCUT2D eigenvalue weighted by molar-refractivity contribution is 7.17. The minimum absolute atomic E-state index is 1.13. The van der Waals surface area contributed by atoms with E-state index in [1.807, 2.05) is 47.0 Å². The van der Waals surface area contributed by atoms with E-state index < -0.39 is 0 Å². The van der Waals surface area contributed by atoms with Crippen LogP contribution >= 0.6 is 11.3 Å². The summed E-state index contributed by atoms with van der Waals surface area (Å²) in [5.74, 6) is 6.03. The lowest BCUT2D eigenvalue weighted by Gasteiger charge is -1.94. The Bertz CT molecular complexity index is 500. The summed E-state index contributed by atoms with van der Waals surface area (Å²) in [4.78, 5) is 4.15. The van der Waals surface area contributed by atoms with Crippen molar-refractivity contribution in [2.45, 2.75) is 41.5 Å². The number of thiophene rings is 1. The number of hydrogen-bond acceptors (Lipinski definition) is 2. The molecule has 1 nitrogen and oxygen atoms in total. The molecule has 0 unspecified atom stereocenters. The van der Waals surface area contributed by atoms with Crippen molar-refractivity contribution in [2.24, 2.45) is 0 Å². The van der Waals surface area contributed by atoms with Crippen molar-refractivity contribution in [3.63, 3.8) is 0 Å². The molecule has 2 aromatic heterocycles. The summed E-state index contributed by atoms with van der Waals surface area (Å²) in [5, 5.41) is 3.35. The van der Waals surface area contributed by atoms with Gasteiger partial charge in [0.2, 0.25) is 0 Å². The van der Waals surface area contributed by atoms with E-state index in [1.54, 1.807) is 11.3 Å². The maximum Gasteiger partial charge on any atom is 0.0541 e. The van der Waals surface area contributed by atoms with E-state index >= 15 is 0 Å². The summed E-state index contributed by atoms with van der Waals surface area (Å²) in [5.41, 5.74) is 2.33. The Morgan fingerprint density at radius 2 is 1.76 bits per heavy atom. The molecule has 0 saturated carbocycles. The predicted molar refractivity (Wildman–Crippen MR) is 79.6 cm³/mol. The Kier molecular flexibility index (Phi) is 8.09. The van der Waals surface area contributed by atoms with Crippen molar-refractivity contribution in [3.8, 4) is 11.8 Å². The normalized spacial score (nSPS) is 8.12. The minimum atomic E-state index is 1.13. The molecule has 2 aromatic rings. The SMILES string of the molecule is CC.CC.CC#Cc1csc2cncc(C)c12. The molecule has 2 heteroatoms. The van der Waals surface area contributed by atoms with E-state index in [2.05, 4.69) is 29.1 Å². The average Bonchev–Trinajstić information content (AvgIpc) is 2.80. The minimum Gasteiger partial charge on any atom is -0.263 e. The van der Waals surface area contributed by atoms with E-state index in [-0.39, 0.29) is 0 Å². The van der Waals surface area contributed by atoms with Gasteiger partial charge in [0.1, 0.15) is 0 Å². The lowest BCUT2D eigenvalue weighted by Crippen LogP contribution is -1.78. The first-order chi connectivity index (χ1) is 8.33. The van der Waals surface area contributed by atoms with Crippen LogP contribution in [0.25, 0.3) is 10.1 Å². The Morgan fingerprint density at radius 3 is 2.35 bits per heavy atom. The molecule has 92 valence electrons. The molecule has 0 aliphatic heterocycles. The molecule has 0 aromatic carbocycles. The standard InChI is InChI=1S/C11H9NS.2C2H6/c1-3-4-9-7-13-10-6-12-5-8(2)11(9)10;2*1-2/h5-7H,1-2H3;2*1-2H3. The Balaban J connectivity index is 0.000000581. The molecular weight excluding hydrogens is 226 g/mol. The van der Waals surface area contributed by atoms with Crippen molar-refractivity contribution in [1.82, 2.24) is 4.98 Å². The van der Waals surface area contributed by atoms with Crippen LogP contribution in [-0.4, -0.2) is 4.98 Å². The van der Waals surface area contributed by atoms with Gasteiger partial charge in [-0.2, -0.15) is 0 Å². The van der Waals surface area contributed by atoms with Gasteiger partial charge in [0, 0.05) is 28.7 Å². The van der Waals surface area contributed by atoms with Crippen LogP contribution in [0.4, 0.5) is 0 Å². The zero-order valence-electron chi connectivity index (χ0n) is 11.6. The Morgan fingerprint density at radius 1 is 1.12 bits per heavy atom. The molecule has 0 spiro atoms. The fraction of sp³-hybridized carbons (Fsp3) is 0.400. The van der Waals surface area contributed by atoms with Crippen molar-refractivity contribution in [2.75, 3.05) is 0 Å². The van der Waals surface area contributed by atoms with Crippen molar-refractivity contribution < 1.29 is 0 Å². The first-order valence-corrected chi connectivity index (χ1v) is 6.95. The van der Waals surface area contributed by atoms with Gasteiger partial charge in [0.15, 0.2) is 0 Å². The van der Waals surface area contributed by atoms with Gasteiger partial charge in [-0.15, -0.1) is 17.3 Å². The summed E-state index contributed by atoms with van der Waals surface area (Å²) in [6.45, 7) is 11.9. The highest BCUT2D eigenvalue weighted by Gasteiger charge is 2.03. The quantitative estimate of drug-likeness (QED) is 0.595. The first kappa shape index (κ1) is 15.7. The van der Waals surface area contributed by atoms with Crippen LogP contribution in [0.1, 0.15) is 45.7 Å². The zero-order chi connectivity index (χ0) is 13.3. The second-order valence-corrected chi connectivity index (χ2v) is 3.77. The largest absolute Gasteiger partial charge is 0.263 e. The molecule has 2 heterocycles. The molecule has 2 rings (SSSR count). The van der Waals surface area contributed by atoms with Crippen LogP contribution in [-0.2, 0) is 0 Å². The highest BCUT2D eigenvalue weighted by Crippen LogP contribution is 2.26. The van der Waals surface area contributed by atoms with Crippen LogP contribution in [0.5, 0.6) is 0 Å². The van der Waals surface area contributed by atoms with E-state index in [0.717, 1.165) is 5.56 Å². The van der Waals surface area contributed by atoms with Crippen molar-refractivity contribution in [1.29, 1.82) is 0 Å². The Labute approximate surface area is 109 Å². The van der Waals surface area contributed by atoms with Crippen LogP contribution in [0.15, 0.2) is 17.8 Å². The van der Waals surface area contributed by atoms with Crippen LogP contribution < -0.4 is 0 Å². The fourth-order valence-electron chi connectivity index (χ4n) is 1.38. The topological polar surface area (TPSA) is 12.9 Å². The molecule has 0 N–H and O–H groups in total. The van der Waals surface area contributed by atoms with Crippen LogP contribution in [0.2, 0.25) is 0 Å². The molecule has 0 atom stereocenters. The summed E-state index contributed by atoms with van der Waals surface area (Å²) >= 11 is 1.70. The maximum atomic E-state index is 4.15. The molecule has 0 saturated heterocycles. The van der Waals surface area contributed by atoms with Gasteiger partial charge >= 0.3 is 0 Å². The summed E-state index contributed by atoms with van der Waals surface area (Å²) in [7, 11) is 0. The average molecular weight is 247 g/mol. The molecular formula is C15H21NS. The summed E-state index contributed by atoms with van der Waals surface area (Å²) in [6.07, 6.45) is 3.78. The van der Waals surface area contributed by atoms with Gasteiger partial charge in [0.25, 0.3) is 0 Å². The van der Waals surface area contributed by atoms with Gasteiger partial charge in [-0.25, -0.2) is 0 Å². The Hall–Kier alpha value is -1.33. The number of hydrogen-bond donors (Lipinski definition) is 0. The predicted octanol–water partition coefficient (Wildman–Crippen LogP) is 5.03. The third-order valence-electron chi connectivity index (χ3n) is 1.93. The van der Waals surface area contributed by atoms with E-state index in [9.17, 15) is 0 Å². The second-order valence-electron chi connectivity index (χ2n) is 2.85. The van der Waals surface area contributed by atoms with Gasteiger partial charge < -0.3 is 0 Å². The molecule has 17 heavy (non-hydrogen) atoms. The van der Waals surface area contributed by atoms with E-state index in [1.165, 1.54) is 15.6 Å². The summed E-state index contributed by atoms with van der Waals surface area (Å²) < 4.78 is 1.22. The number of aryl methyl sites for hydroxylation is 1. The van der Waals surface area contributed by atoms with Crippen LogP contribution in [0.3, 0.4) is 0 Å². The van der Waals surface area contributed by atoms with E-state index in [4.69, 9.17) is 0 Å². The van der Waals surface area contributed by atoms with Gasteiger partial charge in [0.05, 0.1) is 4.70 Å². The number of fused-ring (bicyclic) bond motifs is 1. The van der Waals surface area contributed by atoms with Gasteiger partial charge in [-0.05, 0) is 19.4 Å². The monoisotopic (exact) mass is 247 g/mol. The fourth-order valence-corrected chi connectivity index (χ4v) is 2.31. The molecule has 0 aliphatic rings. The molecule has 0 amide bonds. The smallest absolute Gasteiger partial charge is 0.0541 e. The van der Waals surface area contributed by atoms with Crippen molar-refractivity contribution in [3.05, 3.63) is 28.9 Å². The third-order valence-corrected chi connectivity index (χ3v) is 2.85. The molecule has 0 bridgehead atoms. The molecule has 0 aliphatic carbocycles. The molecule has 0 radical (unpaired) electrons. The molecule has 0 fully saturated rings. The number of nitrogens with zero attached hydrogens (tertiary/aromatic N) is 1. The number of rotatable bonds is 0. The van der Waals surface area contributed by atoms with Crippen molar-refractivity contribution >= 4 is 21.4 Å². The van der Waals surface area contributed by atoms with Crippen LogP contribution in [0, 0.1) is 18.8 Å².